The standard InChI is InChI=1S/C9H15N3S/c1-12-9(10-7-11-12)13-8-5-3-2-4-6-8/h7-8H,2-6H2,1H3. The fourth-order valence-electron chi connectivity index (χ4n) is 1.72. The molecule has 1 heterocycles. The second-order valence-electron chi connectivity index (χ2n) is 3.54. The Bertz CT molecular complexity index is 266. The first-order valence-corrected chi connectivity index (χ1v) is 5.75. The molecule has 0 atom stereocenters. The van der Waals surface area contributed by atoms with E-state index >= 15 is 0 Å². The molecule has 0 aromatic carbocycles. The predicted octanol–water partition coefficient (Wildman–Crippen LogP) is 2.24. The summed E-state index contributed by atoms with van der Waals surface area (Å²) in [4.78, 5) is 4.22. The van der Waals surface area contributed by atoms with Crippen LogP contribution in [-0.2, 0) is 7.05 Å². The highest BCUT2D eigenvalue weighted by Gasteiger charge is 2.16. The Morgan fingerprint density at radius 3 is 2.77 bits per heavy atom. The van der Waals surface area contributed by atoms with Gasteiger partial charge in [0.15, 0.2) is 5.16 Å². The van der Waals surface area contributed by atoms with Gasteiger partial charge in [-0.15, -0.1) is 0 Å². The van der Waals surface area contributed by atoms with Crippen molar-refractivity contribution in [3.63, 3.8) is 0 Å². The smallest absolute Gasteiger partial charge is 0.186 e. The Hall–Kier alpha value is -0.510. The number of nitrogens with zero attached hydrogens (tertiary/aromatic N) is 3. The van der Waals surface area contributed by atoms with Crippen LogP contribution in [0.4, 0.5) is 0 Å². The molecule has 0 spiro atoms. The van der Waals surface area contributed by atoms with Crippen molar-refractivity contribution < 1.29 is 0 Å². The zero-order chi connectivity index (χ0) is 9.10. The SMILES string of the molecule is Cn1ncnc1SC1CCCCC1. The minimum atomic E-state index is 0.775. The Morgan fingerprint density at radius 1 is 1.38 bits per heavy atom. The van der Waals surface area contributed by atoms with E-state index in [2.05, 4.69) is 10.1 Å². The third-order valence-electron chi connectivity index (χ3n) is 2.49. The van der Waals surface area contributed by atoms with Crippen molar-refractivity contribution in [2.75, 3.05) is 0 Å². The lowest BCUT2D eigenvalue weighted by Gasteiger charge is -2.19. The van der Waals surface area contributed by atoms with Crippen molar-refractivity contribution >= 4 is 11.8 Å². The van der Waals surface area contributed by atoms with Gasteiger partial charge >= 0.3 is 0 Å². The van der Waals surface area contributed by atoms with E-state index in [9.17, 15) is 0 Å². The molecule has 0 amide bonds. The summed E-state index contributed by atoms with van der Waals surface area (Å²) < 4.78 is 1.86. The van der Waals surface area contributed by atoms with Crippen LogP contribution in [0.2, 0.25) is 0 Å². The van der Waals surface area contributed by atoms with Crippen molar-refractivity contribution in [1.29, 1.82) is 0 Å². The zero-order valence-corrected chi connectivity index (χ0v) is 8.76. The van der Waals surface area contributed by atoms with E-state index < -0.39 is 0 Å². The van der Waals surface area contributed by atoms with Gasteiger partial charge in [-0.25, -0.2) is 9.67 Å². The summed E-state index contributed by atoms with van der Waals surface area (Å²) in [5.74, 6) is 0. The summed E-state index contributed by atoms with van der Waals surface area (Å²) in [5.41, 5.74) is 0. The van der Waals surface area contributed by atoms with Crippen molar-refractivity contribution in [2.24, 2.45) is 7.05 Å². The molecule has 1 saturated carbocycles. The number of hydrogen-bond acceptors (Lipinski definition) is 3. The van der Waals surface area contributed by atoms with Gasteiger partial charge in [-0.05, 0) is 12.8 Å². The number of aryl methyl sites for hydroxylation is 1. The summed E-state index contributed by atoms with van der Waals surface area (Å²) in [7, 11) is 1.96. The van der Waals surface area contributed by atoms with Gasteiger partial charge in [0.25, 0.3) is 0 Å². The van der Waals surface area contributed by atoms with Gasteiger partial charge in [0, 0.05) is 12.3 Å². The van der Waals surface area contributed by atoms with Crippen molar-refractivity contribution in [3.8, 4) is 0 Å². The molecular formula is C9H15N3S. The minimum Gasteiger partial charge on any atom is -0.244 e. The average molecular weight is 197 g/mol. The Morgan fingerprint density at radius 2 is 2.15 bits per heavy atom. The first-order valence-electron chi connectivity index (χ1n) is 4.87. The van der Waals surface area contributed by atoms with Gasteiger partial charge in [0.05, 0.1) is 0 Å². The lowest BCUT2D eigenvalue weighted by atomic mass is 10.0. The van der Waals surface area contributed by atoms with Crippen LogP contribution in [0, 0.1) is 0 Å². The largest absolute Gasteiger partial charge is 0.244 e. The summed E-state index contributed by atoms with van der Waals surface area (Å²) in [6, 6.07) is 0. The second kappa shape index (κ2) is 4.13. The number of thioether (sulfide) groups is 1. The molecule has 0 radical (unpaired) electrons. The molecule has 3 nitrogen and oxygen atoms in total. The molecule has 0 aliphatic heterocycles. The minimum absolute atomic E-state index is 0.775. The van der Waals surface area contributed by atoms with Gasteiger partial charge in [0.2, 0.25) is 0 Å². The second-order valence-corrected chi connectivity index (χ2v) is 4.81. The van der Waals surface area contributed by atoms with Gasteiger partial charge in [0.1, 0.15) is 6.33 Å². The molecule has 2 rings (SSSR count). The summed E-state index contributed by atoms with van der Waals surface area (Å²) in [5, 5.41) is 5.90. The van der Waals surface area contributed by atoms with Gasteiger partial charge < -0.3 is 0 Å². The monoisotopic (exact) mass is 197 g/mol. The molecular weight excluding hydrogens is 182 g/mol. The summed E-state index contributed by atoms with van der Waals surface area (Å²) >= 11 is 1.89. The van der Waals surface area contributed by atoms with E-state index in [0.29, 0.717) is 0 Å². The molecule has 1 aromatic rings. The number of aromatic nitrogens is 3. The van der Waals surface area contributed by atoms with E-state index in [-0.39, 0.29) is 0 Å². The first kappa shape index (κ1) is 9.06. The van der Waals surface area contributed by atoms with Crippen LogP contribution in [0.3, 0.4) is 0 Å². The van der Waals surface area contributed by atoms with Crippen LogP contribution in [-0.4, -0.2) is 20.0 Å². The summed E-state index contributed by atoms with van der Waals surface area (Å²) in [6.45, 7) is 0. The molecule has 72 valence electrons. The third kappa shape index (κ3) is 2.24. The fraction of sp³-hybridized carbons (Fsp3) is 0.778. The highest BCUT2D eigenvalue weighted by molar-refractivity contribution is 7.99. The van der Waals surface area contributed by atoms with Gasteiger partial charge in [-0.1, -0.05) is 31.0 Å². The van der Waals surface area contributed by atoms with E-state index in [1.165, 1.54) is 32.1 Å². The molecule has 0 N–H and O–H groups in total. The highest BCUT2D eigenvalue weighted by atomic mass is 32.2. The third-order valence-corrected chi connectivity index (χ3v) is 3.88. The molecule has 1 aromatic heterocycles. The number of hydrogen-bond donors (Lipinski definition) is 0. The topological polar surface area (TPSA) is 30.7 Å². The highest BCUT2D eigenvalue weighted by Crippen LogP contribution is 2.31. The molecule has 0 saturated heterocycles. The molecule has 0 unspecified atom stereocenters. The van der Waals surface area contributed by atoms with E-state index in [1.807, 2.05) is 23.5 Å². The Balaban J connectivity index is 1.93. The van der Waals surface area contributed by atoms with Crippen molar-refractivity contribution in [3.05, 3.63) is 6.33 Å². The van der Waals surface area contributed by atoms with E-state index in [1.54, 1.807) is 6.33 Å². The normalized spacial score (nSPS) is 19.2. The Labute approximate surface area is 82.9 Å². The van der Waals surface area contributed by atoms with Gasteiger partial charge in [-0.3, -0.25) is 0 Å². The van der Waals surface area contributed by atoms with E-state index in [4.69, 9.17) is 0 Å². The maximum absolute atomic E-state index is 4.22. The quantitative estimate of drug-likeness (QED) is 0.728. The lowest BCUT2D eigenvalue weighted by molar-refractivity contribution is 0.514. The van der Waals surface area contributed by atoms with E-state index in [0.717, 1.165) is 10.4 Å². The fourth-order valence-corrected chi connectivity index (χ4v) is 2.90. The Kier molecular flexibility index (Phi) is 2.88. The van der Waals surface area contributed by atoms with Crippen LogP contribution >= 0.6 is 11.8 Å². The number of rotatable bonds is 2. The van der Waals surface area contributed by atoms with Crippen LogP contribution in [0.25, 0.3) is 0 Å². The van der Waals surface area contributed by atoms with Crippen LogP contribution < -0.4 is 0 Å². The van der Waals surface area contributed by atoms with Crippen molar-refractivity contribution in [1.82, 2.24) is 14.8 Å². The molecule has 1 aliphatic rings. The average Bonchev–Trinajstić information content (AvgIpc) is 2.54. The van der Waals surface area contributed by atoms with Crippen LogP contribution in [0.15, 0.2) is 11.5 Å². The lowest BCUT2D eigenvalue weighted by Crippen LogP contribution is -2.09. The molecule has 13 heavy (non-hydrogen) atoms. The maximum atomic E-state index is 4.22. The predicted molar refractivity (Wildman–Crippen MR) is 53.7 cm³/mol. The van der Waals surface area contributed by atoms with Crippen LogP contribution in [0.1, 0.15) is 32.1 Å². The molecule has 1 fully saturated rings. The molecule has 0 bridgehead atoms. The molecule has 4 heteroatoms. The summed E-state index contributed by atoms with van der Waals surface area (Å²) in [6.07, 6.45) is 8.50. The molecule has 1 aliphatic carbocycles. The maximum Gasteiger partial charge on any atom is 0.186 e. The first-order chi connectivity index (χ1) is 6.36. The zero-order valence-electron chi connectivity index (χ0n) is 7.94. The van der Waals surface area contributed by atoms with Crippen LogP contribution in [0.5, 0.6) is 0 Å². The van der Waals surface area contributed by atoms with Crippen molar-refractivity contribution in [2.45, 2.75) is 42.5 Å². The van der Waals surface area contributed by atoms with Gasteiger partial charge in [-0.2, -0.15) is 5.10 Å².